The second-order valence-electron chi connectivity index (χ2n) is 1.90. The maximum absolute atomic E-state index is 4.11. The summed E-state index contributed by atoms with van der Waals surface area (Å²) in [6, 6.07) is 3.39. The normalized spacial score (nSPS) is 11.9. The molecule has 1 unspecified atom stereocenters. The highest BCUT2D eigenvalue weighted by Crippen LogP contribution is 1.93. The summed E-state index contributed by atoms with van der Waals surface area (Å²) in [4.78, 5) is 4.11. The molecule has 0 amide bonds. The lowest BCUT2D eigenvalue weighted by Crippen LogP contribution is -1.88. The first-order chi connectivity index (χ1) is 3.81. The summed E-state index contributed by atoms with van der Waals surface area (Å²) < 4.78 is 0. The van der Waals surface area contributed by atoms with Crippen LogP contribution in [-0.4, -0.2) is 6.04 Å². The van der Waals surface area contributed by atoms with Crippen LogP contribution < -0.4 is 0 Å². The number of rotatable bonds is 1. The molecule has 0 saturated carbocycles. The number of nitrogens with zero attached hydrogens (tertiary/aromatic N) is 1. The molecule has 0 fully saturated rings. The predicted molar refractivity (Wildman–Crippen MR) is 37.3 cm³/mol. The Morgan fingerprint density at radius 3 is 2.50 bits per heavy atom. The van der Waals surface area contributed by atoms with E-state index in [1.807, 2.05) is 6.92 Å². The van der Waals surface area contributed by atoms with Crippen LogP contribution in [0.1, 0.15) is 33.6 Å². The molecule has 0 bridgehead atoms. The number of hydrogen-bond donors (Lipinski definition) is 0. The van der Waals surface area contributed by atoms with Gasteiger partial charge in [-0.2, -0.15) is 0 Å². The third-order valence-electron chi connectivity index (χ3n) is 1.06. The molecule has 1 heteroatoms. The Kier molecular flexibility index (Phi) is 4.35. The van der Waals surface area contributed by atoms with Crippen LogP contribution in [0.3, 0.4) is 0 Å². The van der Waals surface area contributed by atoms with Gasteiger partial charge in [0.2, 0.25) is 0 Å². The second-order valence-corrected chi connectivity index (χ2v) is 1.90. The van der Waals surface area contributed by atoms with Gasteiger partial charge >= 0.3 is 0 Å². The van der Waals surface area contributed by atoms with E-state index in [1.165, 1.54) is 0 Å². The van der Waals surface area contributed by atoms with Crippen molar-refractivity contribution in [1.82, 2.24) is 0 Å². The first-order valence-electron chi connectivity index (χ1n) is 3.24. The third kappa shape index (κ3) is 3.67. The summed E-state index contributed by atoms with van der Waals surface area (Å²) in [5.41, 5.74) is 0. The predicted octanol–water partition coefficient (Wildman–Crippen LogP) is 2.53. The molecular weight excluding hydrogens is 98.1 g/mol. The lowest BCUT2D eigenvalue weighted by atomic mass is 10.3. The van der Waals surface area contributed by atoms with Gasteiger partial charge in [-0.3, -0.25) is 0 Å². The quantitative estimate of drug-likeness (QED) is 0.491. The van der Waals surface area contributed by atoms with E-state index in [0.717, 1.165) is 12.8 Å². The minimum absolute atomic E-state index is 0.468. The summed E-state index contributed by atoms with van der Waals surface area (Å²) in [6.45, 7) is 6.28. The molecule has 0 rings (SSSR count). The molecule has 1 nitrogen and oxygen atoms in total. The summed E-state index contributed by atoms with van der Waals surface area (Å²) in [5.74, 6) is 0. The molecule has 1 atom stereocenters. The highest BCUT2D eigenvalue weighted by atomic mass is 14.7. The van der Waals surface area contributed by atoms with Crippen molar-refractivity contribution in [3.8, 4) is 6.07 Å². The zero-order valence-corrected chi connectivity index (χ0v) is 5.94. The van der Waals surface area contributed by atoms with Gasteiger partial charge < -0.3 is 0 Å². The minimum Gasteiger partial charge on any atom is -0.0808 e. The fourth-order valence-electron chi connectivity index (χ4n) is 0.338. The van der Waals surface area contributed by atoms with Crippen LogP contribution in [0.25, 0.3) is 4.85 Å². The summed E-state index contributed by atoms with van der Waals surface area (Å²) in [7, 11) is 0. The van der Waals surface area contributed by atoms with Crippen molar-refractivity contribution >= 4 is 0 Å². The van der Waals surface area contributed by atoms with Crippen molar-refractivity contribution in [3.63, 3.8) is 0 Å². The van der Waals surface area contributed by atoms with Crippen LogP contribution in [0.2, 0.25) is 0 Å². The van der Waals surface area contributed by atoms with Crippen molar-refractivity contribution in [1.29, 1.82) is 0 Å². The summed E-state index contributed by atoms with van der Waals surface area (Å²) >= 11 is 0. The van der Waals surface area contributed by atoms with E-state index in [-0.39, 0.29) is 0 Å². The Morgan fingerprint density at radius 1 is 1.50 bits per heavy atom. The SMILES string of the molecule is CCC#[N+]C(C)CC. The average molecular weight is 112 g/mol. The molecule has 0 aliphatic heterocycles. The fraction of sp³-hybridized carbons (Fsp3) is 0.857. The van der Waals surface area contributed by atoms with Gasteiger partial charge in [-0.15, -0.1) is 0 Å². The molecule has 8 heavy (non-hydrogen) atoms. The van der Waals surface area contributed by atoms with Gasteiger partial charge in [0.25, 0.3) is 12.1 Å². The van der Waals surface area contributed by atoms with E-state index >= 15 is 0 Å². The fourth-order valence-corrected chi connectivity index (χ4v) is 0.338. The topological polar surface area (TPSA) is 4.36 Å². The van der Waals surface area contributed by atoms with Crippen LogP contribution in [0, 0.1) is 6.07 Å². The Labute approximate surface area is 51.5 Å². The molecule has 0 aliphatic carbocycles. The maximum atomic E-state index is 4.11. The molecule has 0 radical (unpaired) electrons. The van der Waals surface area contributed by atoms with E-state index in [1.54, 1.807) is 0 Å². The first-order valence-corrected chi connectivity index (χ1v) is 3.24. The largest absolute Gasteiger partial charge is 0.272 e. The van der Waals surface area contributed by atoms with Crippen LogP contribution in [0.15, 0.2) is 0 Å². The zero-order chi connectivity index (χ0) is 6.41. The maximum Gasteiger partial charge on any atom is 0.272 e. The summed E-state index contributed by atoms with van der Waals surface area (Å²) in [6.07, 6.45) is 2.05. The molecule has 0 spiro atoms. The first kappa shape index (κ1) is 7.49. The molecule has 0 saturated heterocycles. The summed E-state index contributed by atoms with van der Waals surface area (Å²) in [5, 5.41) is 0. The standard InChI is InChI=1S/C7H14N/c1-4-6-8-7(3)5-2/h7H,4-5H2,1-3H3/q+1. The Balaban J connectivity index is 3.35. The van der Waals surface area contributed by atoms with Crippen molar-refractivity contribution in [2.45, 2.75) is 39.7 Å². The van der Waals surface area contributed by atoms with Gasteiger partial charge in [0, 0.05) is 13.3 Å². The highest BCUT2D eigenvalue weighted by Gasteiger charge is 2.01. The number of hydrogen-bond acceptors (Lipinski definition) is 0. The van der Waals surface area contributed by atoms with Gasteiger partial charge in [-0.05, 0) is 6.92 Å². The molecule has 0 aliphatic rings. The van der Waals surface area contributed by atoms with E-state index in [2.05, 4.69) is 24.8 Å². The van der Waals surface area contributed by atoms with E-state index < -0.39 is 0 Å². The monoisotopic (exact) mass is 112 g/mol. The Hall–Kier alpha value is -0.510. The van der Waals surface area contributed by atoms with Crippen molar-refractivity contribution < 1.29 is 0 Å². The van der Waals surface area contributed by atoms with Gasteiger partial charge in [-0.1, -0.05) is 11.8 Å². The van der Waals surface area contributed by atoms with E-state index in [9.17, 15) is 0 Å². The smallest absolute Gasteiger partial charge is 0.0808 e. The Morgan fingerprint density at radius 2 is 2.12 bits per heavy atom. The van der Waals surface area contributed by atoms with Crippen LogP contribution in [0.5, 0.6) is 0 Å². The van der Waals surface area contributed by atoms with Gasteiger partial charge in [0.1, 0.15) is 0 Å². The molecule has 0 heterocycles. The van der Waals surface area contributed by atoms with Gasteiger partial charge in [-0.25, -0.2) is 0 Å². The van der Waals surface area contributed by atoms with E-state index in [4.69, 9.17) is 0 Å². The third-order valence-corrected chi connectivity index (χ3v) is 1.06. The molecule has 0 aromatic carbocycles. The highest BCUT2D eigenvalue weighted by molar-refractivity contribution is 4.88. The molecule has 46 valence electrons. The van der Waals surface area contributed by atoms with Crippen LogP contribution >= 0.6 is 0 Å². The van der Waals surface area contributed by atoms with Crippen molar-refractivity contribution in [3.05, 3.63) is 4.85 Å². The van der Waals surface area contributed by atoms with Crippen molar-refractivity contribution in [2.75, 3.05) is 0 Å². The van der Waals surface area contributed by atoms with E-state index in [0.29, 0.717) is 6.04 Å². The lowest BCUT2D eigenvalue weighted by molar-refractivity contribution is 0.813. The molecule has 0 aromatic heterocycles. The Bertz CT molecular complexity index is 96.7. The van der Waals surface area contributed by atoms with Gasteiger partial charge in [0.15, 0.2) is 0 Å². The van der Waals surface area contributed by atoms with Crippen LogP contribution in [-0.2, 0) is 0 Å². The van der Waals surface area contributed by atoms with Crippen molar-refractivity contribution in [2.24, 2.45) is 0 Å². The van der Waals surface area contributed by atoms with Crippen LogP contribution in [0.4, 0.5) is 0 Å². The minimum atomic E-state index is 0.468. The zero-order valence-electron chi connectivity index (χ0n) is 5.94. The molecule has 0 aromatic rings. The average Bonchev–Trinajstić information content (AvgIpc) is 1.83. The molecule has 0 N–H and O–H groups in total. The lowest BCUT2D eigenvalue weighted by Gasteiger charge is -1.79. The second kappa shape index (κ2) is 4.64. The molecular formula is C7H14N+. The van der Waals surface area contributed by atoms with Gasteiger partial charge in [0.05, 0.1) is 6.42 Å².